The van der Waals surface area contributed by atoms with E-state index in [0.717, 1.165) is 16.3 Å². The Balaban J connectivity index is 1.35. The zero-order valence-electron chi connectivity index (χ0n) is 17.1. The molecule has 2 heterocycles. The van der Waals surface area contributed by atoms with Crippen LogP contribution in [0.1, 0.15) is 12.0 Å². The summed E-state index contributed by atoms with van der Waals surface area (Å²) in [6.07, 6.45) is -4.83. The number of ether oxygens (including phenoxy) is 4. The standard InChI is InChI=1S/C23H24O9/c24-18(9-8-14-6-3-5-13-4-1-2-7-16(13)14)30-12-17-20(26)21(27)22(28)23(32-17)31-15-10-19(25)29-11-15/h1-9,15,17,20-23,26-28H,10-12H2/b9-8+/t15-,17-,20-,21+,22-,23-/m1/s1. The van der Waals surface area contributed by atoms with Crippen LogP contribution in [0.25, 0.3) is 16.8 Å². The lowest BCUT2D eigenvalue weighted by atomic mass is 9.99. The maximum atomic E-state index is 12.2. The number of aliphatic hydroxyl groups excluding tert-OH is 3. The van der Waals surface area contributed by atoms with Crippen LogP contribution in [0.15, 0.2) is 48.5 Å². The van der Waals surface area contributed by atoms with E-state index < -0.39 is 48.7 Å². The summed E-state index contributed by atoms with van der Waals surface area (Å²) in [6, 6.07) is 13.5. The van der Waals surface area contributed by atoms with Gasteiger partial charge in [-0.15, -0.1) is 0 Å². The average molecular weight is 444 g/mol. The maximum Gasteiger partial charge on any atom is 0.330 e. The van der Waals surface area contributed by atoms with Crippen LogP contribution in [-0.2, 0) is 28.5 Å². The van der Waals surface area contributed by atoms with Gasteiger partial charge in [-0.1, -0.05) is 42.5 Å². The summed E-state index contributed by atoms with van der Waals surface area (Å²) in [6.45, 7) is -0.369. The van der Waals surface area contributed by atoms with Crippen LogP contribution in [0, 0.1) is 0 Å². The van der Waals surface area contributed by atoms with E-state index in [1.807, 2.05) is 42.5 Å². The molecule has 6 atom stereocenters. The minimum Gasteiger partial charge on any atom is -0.463 e. The van der Waals surface area contributed by atoms with Gasteiger partial charge in [-0.25, -0.2) is 4.79 Å². The summed E-state index contributed by atoms with van der Waals surface area (Å²) < 4.78 is 21.0. The van der Waals surface area contributed by atoms with Gasteiger partial charge in [0.2, 0.25) is 0 Å². The third-order valence-corrected chi connectivity index (χ3v) is 5.43. The molecule has 0 bridgehead atoms. The highest BCUT2D eigenvalue weighted by Crippen LogP contribution is 2.25. The van der Waals surface area contributed by atoms with E-state index in [9.17, 15) is 24.9 Å². The molecule has 2 fully saturated rings. The molecular formula is C23H24O9. The second-order valence-corrected chi connectivity index (χ2v) is 7.69. The minimum absolute atomic E-state index is 0.00266. The van der Waals surface area contributed by atoms with Crippen molar-refractivity contribution in [1.29, 1.82) is 0 Å². The first kappa shape index (κ1) is 22.4. The lowest BCUT2D eigenvalue weighted by Crippen LogP contribution is -2.60. The molecular weight excluding hydrogens is 420 g/mol. The predicted molar refractivity (Wildman–Crippen MR) is 111 cm³/mol. The molecule has 0 spiro atoms. The van der Waals surface area contributed by atoms with Crippen LogP contribution in [0.5, 0.6) is 0 Å². The first-order valence-electron chi connectivity index (χ1n) is 10.3. The lowest BCUT2D eigenvalue weighted by molar-refractivity contribution is -0.311. The SMILES string of the molecule is O=C(/C=C/c1cccc2ccccc12)OC[C@H]1O[C@@H](O[C@H]2COC(=O)C2)[C@H](O)[C@@H](O)[C@@H]1O. The van der Waals surface area contributed by atoms with Crippen molar-refractivity contribution in [3.8, 4) is 0 Å². The van der Waals surface area contributed by atoms with Crippen LogP contribution in [0.2, 0.25) is 0 Å². The molecule has 9 heteroatoms. The highest BCUT2D eigenvalue weighted by molar-refractivity contribution is 5.94. The van der Waals surface area contributed by atoms with Gasteiger partial charge < -0.3 is 34.3 Å². The van der Waals surface area contributed by atoms with E-state index >= 15 is 0 Å². The zero-order valence-corrected chi connectivity index (χ0v) is 17.1. The Morgan fingerprint density at radius 3 is 2.62 bits per heavy atom. The van der Waals surface area contributed by atoms with Gasteiger partial charge >= 0.3 is 11.9 Å². The summed E-state index contributed by atoms with van der Waals surface area (Å²) in [7, 11) is 0. The van der Waals surface area contributed by atoms with Crippen LogP contribution in [-0.4, -0.2) is 77.3 Å². The normalized spacial score (nSPS) is 30.5. The van der Waals surface area contributed by atoms with Crippen molar-refractivity contribution in [2.75, 3.05) is 13.2 Å². The summed E-state index contributed by atoms with van der Waals surface area (Å²) in [5.41, 5.74) is 0.842. The molecule has 0 unspecified atom stereocenters. The van der Waals surface area contributed by atoms with Gasteiger partial charge in [0.05, 0.1) is 6.42 Å². The summed E-state index contributed by atoms with van der Waals surface area (Å²) in [4.78, 5) is 23.4. The van der Waals surface area contributed by atoms with Crippen LogP contribution in [0.4, 0.5) is 0 Å². The van der Waals surface area contributed by atoms with Crippen LogP contribution < -0.4 is 0 Å². The van der Waals surface area contributed by atoms with Gasteiger partial charge in [-0.3, -0.25) is 4.79 Å². The van der Waals surface area contributed by atoms with E-state index in [-0.39, 0.29) is 19.6 Å². The number of benzene rings is 2. The first-order valence-corrected chi connectivity index (χ1v) is 10.3. The molecule has 2 aliphatic heterocycles. The summed E-state index contributed by atoms with van der Waals surface area (Å²) in [5, 5.41) is 32.4. The van der Waals surface area contributed by atoms with Crippen molar-refractivity contribution in [3.63, 3.8) is 0 Å². The highest BCUT2D eigenvalue weighted by atomic mass is 16.7. The van der Waals surface area contributed by atoms with Crippen molar-refractivity contribution >= 4 is 28.8 Å². The van der Waals surface area contributed by atoms with Crippen molar-refractivity contribution < 1.29 is 43.9 Å². The number of hydrogen-bond acceptors (Lipinski definition) is 9. The van der Waals surface area contributed by atoms with Crippen molar-refractivity contribution in [1.82, 2.24) is 0 Å². The Hall–Kier alpha value is -2.82. The van der Waals surface area contributed by atoms with E-state index in [1.165, 1.54) is 6.08 Å². The van der Waals surface area contributed by atoms with E-state index in [2.05, 4.69) is 0 Å². The molecule has 3 N–H and O–H groups in total. The second kappa shape index (κ2) is 9.76. The van der Waals surface area contributed by atoms with E-state index in [0.29, 0.717) is 0 Å². The molecule has 2 aliphatic rings. The smallest absolute Gasteiger partial charge is 0.330 e. The average Bonchev–Trinajstić information content (AvgIpc) is 3.21. The minimum atomic E-state index is -1.58. The molecule has 0 aromatic heterocycles. The van der Waals surface area contributed by atoms with Gasteiger partial charge in [0.25, 0.3) is 0 Å². The fourth-order valence-corrected chi connectivity index (χ4v) is 3.70. The van der Waals surface area contributed by atoms with E-state index in [4.69, 9.17) is 18.9 Å². The van der Waals surface area contributed by atoms with Gasteiger partial charge in [0, 0.05) is 6.08 Å². The number of carbonyl (C=O) groups is 2. The zero-order chi connectivity index (χ0) is 22.7. The molecule has 4 rings (SSSR count). The molecule has 0 amide bonds. The van der Waals surface area contributed by atoms with Gasteiger partial charge in [-0.05, 0) is 22.4 Å². The Labute approximate surface area is 183 Å². The summed E-state index contributed by atoms with van der Waals surface area (Å²) in [5.74, 6) is -1.11. The topological polar surface area (TPSA) is 132 Å². The Bertz CT molecular complexity index is 999. The third-order valence-electron chi connectivity index (χ3n) is 5.43. The number of rotatable bonds is 6. The molecule has 9 nitrogen and oxygen atoms in total. The van der Waals surface area contributed by atoms with E-state index in [1.54, 1.807) is 6.08 Å². The largest absolute Gasteiger partial charge is 0.463 e. The lowest BCUT2D eigenvalue weighted by Gasteiger charge is -2.40. The summed E-state index contributed by atoms with van der Waals surface area (Å²) >= 11 is 0. The number of esters is 2. The van der Waals surface area contributed by atoms with Crippen molar-refractivity contribution in [3.05, 3.63) is 54.1 Å². The fourth-order valence-electron chi connectivity index (χ4n) is 3.70. The molecule has 2 aromatic carbocycles. The quantitative estimate of drug-likeness (QED) is 0.431. The number of hydrogen-bond donors (Lipinski definition) is 3. The van der Waals surface area contributed by atoms with Gasteiger partial charge in [-0.2, -0.15) is 0 Å². The molecule has 0 radical (unpaired) electrons. The van der Waals surface area contributed by atoms with Gasteiger partial charge in [0.15, 0.2) is 6.29 Å². The number of aliphatic hydroxyl groups is 3. The molecule has 2 saturated heterocycles. The second-order valence-electron chi connectivity index (χ2n) is 7.69. The molecule has 32 heavy (non-hydrogen) atoms. The van der Waals surface area contributed by atoms with Crippen molar-refractivity contribution in [2.45, 2.75) is 43.2 Å². The molecule has 0 saturated carbocycles. The molecule has 0 aliphatic carbocycles. The Kier molecular flexibility index (Phi) is 6.83. The number of cyclic esters (lactones) is 1. The molecule has 2 aromatic rings. The Morgan fingerprint density at radius 2 is 1.84 bits per heavy atom. The number of carbonyl (C=O) groups excluding carboxylic acids is 2. The fraction of sp³-hybridized carbons (Fsp3) is 0.391. The Morgan fingerprint density at radius 1 is 1.06 bits per heavy atom. The van der Waals surface area contributed by atoms with Crippen LogP contribution >= 0.6 is 0 Å². The van der Waals surface area contributed by atoms with Crippen molar-refractivity contribution in [2.24, 2.45) is 0 Å². The van der Waals surface area contributed by atoms with Gasteiger partial charge in [0.1, 0.15) is 43.7 Å². The maximum absolute atomic E-state index is 12.2. The highest BCUT2D eigenvalue weighted by Gasteiger charge is 2.46. The molecule has 170 valence electrons. The third kappa shape index (κ3) is 4.98. The predicted octanol–water partition coefficient (Wildman–Crippen LogP) is 0.536. The monoisotopic (exact) mass is 444 g/mol. The first-order chi connectivity index (χ1) is 15.4. The van der Waals surface area contributed by atoms with Crippen LogP contribution in [0.3, 0.4) is 0 Å². The number of fused-ring (bicyclic) bond motifs is 1.